The van der Waals surface area contributed by atoms with Crippen molar-refractivity contribution < 1.29 is 14.8 Å². The molecule has 0 saturated carbocycles. The number of hydrogen-bond acceptors (Lipinski definition) is 4. The zero-order valence-electron chi connectivity index (χ0n) is 11.7. The van der Waals surface area contributed by atoms with E-state index in [-0.39, 0.29) is 22.2 Å². The summed E-state index contributed by atoms with van der Waals surface area (Å²) in [5, 5.41) is 21.0. The molecule has 0 aromatic heterocycles. The van der Waals surface area contributed by atoms with Gasteiger partial charge in [0.25, 0.3) is 11.6 Å². The van der Waals surface area contributed by atoms with Crippen molar-refractivity contribution in [1.29, 1.82) is 0 Å². The van der Waals surface area contributed by atoms with Crippen LogP contribution in [0.25, 0.3) is 0 Å². The highest BCUT2D eigenvalue weighted by Gasteiger charge is 2.30. The molecule has 1 heterocycles. The normalized spacial score (nSPS) is 20.1. The standard InChI is InChI=1S/C14H17ClN2O4/c1-9(18)10-3-2-6-16(8-10)14(19)12-7-11(15)4-5-13(12)17(20)21/h4-5,7,9-10,18H,2-3,6,8H2,1H3. The maximum absolute atomic E-state index is 12.5. The number of aliphatic hydroxyl groups excluding tert-OH is 1. The number of nitro groups is 1. The van der Waals surface area contributed by atoms with Gasteiger partial charge in [0.15, 0.2) is 0 Å². The molecule has 1 fully saturated rings. The highest BCUT2D eigenvalue weighted by molar-refractivity contribution is 6.31. The van der Waals surface area contributed by atoms with Gasteiger partial charge in [0.1, 0.15) is 5.56 Å². The molecule has 1 N–H and O–H groups in total. The molecule has 6 nitrogen and oxygen atoms in total. The molecule has 1 aromatic rings. The van der Waals surface area contributed by atoms with Crippen molar-refractivity contribution in [3.8, 4) is 0 Å². The Morgan fingerprint density at radius 1 is 1.57 bits per heavy atom. The summed E-state index contributed by atoms with van der Waals surface area (Å²) in [5.74, 6) is -0.407. The highest BCUT2D eigenvalue weighted by Crippen LogP contribution is 2.27. The number of halogens is 1. The number of nitro benzene ring substituents is 1. The molecule has 2 rings (SSSR count). The molecule has 7 heteroatoms. The number of carbonyl (C=O) groups excluding carboxylic acids is 1. The lowest BCUT2D eigenvalue weighted by molar-refractivity contribution is -0.385. The van der Waals surface area contributed by atoms with Gasteiger partial charge in [0, 0.05) is 30.1 Å². The Hall–Kier alpha value is -1.66. The average molecular weight is 313 g/mol. The maximum atomic E-state index is 12.5. The number of nitrogens with zero attached hydrogens (tertiary/aromatic N) is 2. The predicted molar refractivity (Wildman–Crippen MR) is 78.4 cm³/mol. The molecular weight excluding hydrogens is 296 g/mol. The summed E-state index contributed by atoms with van der Waals surface area (Å²) in [7, 11) is 0. The fraction of sp³-hybridized carbons (Fsp3) is 0.500. The second kappa shape index (κ2) is 6.41. The first kappa shape index (κ1) is 15.7. The minimum Gasteiger partial charge on any atom is -0.393 e. The van der Waals surface area contributed by atoms with Gasteiger partial charge < -0.3 is 10.0 Å². The Bertz CT molecular complexity index is 562. The van der Waals surface area contributed by atoms with Gasteiger partial charge in [-0.05, 0) is 31.9 Å². The van der Waals surface area contributed by atoms with Gasteiger partial charge in [-0.25, -0.2) is 0 Å². The molecule has 1 aromatic carbocycles. The molecule has 2 unspecified atom stereocenters. The molecule has 1 aliphatic heterocycles. The fourth-order valence-corrected chi connectivity index (χ4v) is 2.77. The van der Waals surface area contributed by atoms with Crippen LogP contribution in [0.4, 0.5) is 5.69 Å². The van der Waals surface area contributed by atoms with Crippen molar-refractivity contribution >= 4 is 23.2 Å². The van der Waals surface area contributed by atoms with Crippen molar-refractivity contribution in [2.24, 2.45) is 5.92 Å². The van der Waals surface area contributed by atoms with E-state index in [0.717, 1.165) is 12.8 Å². The first-order valence-corrected chi connectivity index (χ1v) is 7.19. The van der Waals surface area contributed by atoms with Crippen LogP contribution in [0.15, 0.2) is 18.2 Å². The molecule has 0 aliphatic carbocycles. The van der Waals surface area contributed by atoms with Crippen molar-refractivity contribution in [3.05, 3.63) is 38.9 Å². The third kappa shape index (κ3) is 3.51. The SMILES string of the molecule is CC(O)C1CCCN(C(=O)c2cc(Cl)ccc2[N+](=O)[O-])C1. The van der Waals surface area contributed by atoms with E-state index in [0.29, 0.717) is 13.1 Å². The van der Waals surface area contributed by atoms with E-state index >= 15 is 0 Å². The van der Waals surface area contributed by atoms with Crippen molar-refractivity contribution in [3.63, 3.8) is 0 Å². The molecular formula is C14H17ClN2O4. The number of amides is 1. The summed E-state index contributed by atoms with van der Waals surface area (Å²) >= 11 is 5.85. The Morgan fingerprint density at radius 3 is 2.90 bits per heavy atom. The van der Waals surface area contributed by atoms with Crippen molar-refractivity contribution in [2.75, 3.05) is 13.1 Å². The van der Waals surface area contributed by atoms with Crippen LogP contribution < -0.4 is 0 Å². The Balaban J connectivity index is 2.27. The van der Waals surface area contributed by atoms with Crippen molar-refractivity contribution in [1.82, 2.24) is 4.90 Å². The lowest BCUT2D eigenvalue weighted by Crippen LogP contribution is -2.43. The molecule has 0 radical (unpaired) electrons. The summed E-state index contributed by atoms with van der Waals surface area (Å²) in [6, 6.07) is 3.96. The first-order valence-electron chi connectivity index (χ1n) is 6.81. The lowest BCUT2D eigenvalue weighted by Gasteiger charge is -2.34. The van der Waals surface area contributed by atoms with E-state index in [1.165, 1.54) is 18.2 Å². The molecule has 0 spiro atoms. The number of hydrogen-bond donors (Lipinski definition) is 1. The third-order valence-electron chi connectivity index (χ3n) is 3.81. The molecule has 114 valence electrons. The van der Waals surface area contributed by atoms with Gasteiger partial charge in [-0.15, -0.1) is 0 Å². The molecule has 0 bridgehead atoms. The van der Waals surface area contributed by atoms with Gasteiger partial charge in [-0.1, -0.05) is 11.6 Å². The zero-order chi connectivity index (χ0) is 15.6. The molecule has 1 saturated heterocycles. The van der Waals surface area contributed by atoms with Gasteiger partial charge in [0.05, 0.1) is 11.0 Å². The first-order chi connectivity index (χ1) is 9.90. The second-order valence-electron chi connectivity index (χ2n) is 5.31. The monoisotopic (exact) mass is 312 g/mol. The number of rotatable bonds is 3. The van der Waals surface area contributed by atoms with Gasteiger partial charge >= 0.3 is 0 Å². The predicted octanol–water partition coefficient (Wildman–Crippen LogP) is 2.48. The molecule has 1 aliphatic rings. The number of likely N-dealkylation sites (tertiary alicyclic amines) is 1. The van der Waals surface area contributed by atoms with E-state index in [4.69, 9.17) is 11.6 Å². The molecule has 2 atom stereocenters. The van der Waals surface area contributed by atoms with Crippen LogP contribution in [-0.4, -0.2) is 40.0 Å². The Kier molecular flexibility index (Phi) is 4.80. The summed E-state index contributed by atoms with van der Waals surface area (Å²) in [4.78, 5) is 24.5. The van der Waals surface area contributed by atoms with Crippen LogP contribution in [0.2, 0.25) is 5.02 Å². The summed E-state index contributed by atoms with van der Waals surface area (Å²) in [6.07, 6.45) is 1.12. The maximum Gasteiger partial charge on any atom is 0.282 e. The van der Waals surface area contributed by atoms with Crippen LogP contribution in [0.3, 0.4) is 0 Å². The third-order valence-corrected chi connectivity index (χ3v) is 4.05. The zero-order valence-corrected chi connectivity index (χ0v) is 12.4. The average Bonchev–Trinajstić information content (AvgIpc) is 2.46. The Morgan fingerprint density at radius 2 is 2.29 bits per heavy atom. The highest BCUT2D eigenvalue weighted by atomic mass is 35.5. The fourth-order valence-electron chi connectivity index (χ4n) is 2.60. The minimum absolute atomic E-state index is 0.000871. The van der Waals surface area contributed by atoms with Crippen LogP contribution in [0.5, 0.6) is 0 Å². The van der Waals surface area contributed by atoms with Gasteiger partial charge in [-0.2, -0.15) is 0 Å². The van der Waals surface area contributed by atoms with E-state index < -0.39 is 16.9 Å². The Labute approximate surface area is 127 Å². The second-order valence-corrected chi connectivity index (χ2v) is 5.75. The molecule has 21 heavy (non-hydrogen) atoms. The summed E-state index contributed by atoms with van der Waals surface area (Å²) in [6.45, 7) is 2.63. The number of piperidine rings is 1. The van der Waals surface area contributed by atoms with Crippen LogP contribution in [0, 0.1) is 16.0 Å². The van der Waals surface area contributed by atoms with E-state index in [1.54, 1.807) is 11.8 Å². The van der Waals surface area contributed by atoms with E-state index in [9.17, 15) is 20.0 Å². The topological polar surface area (TPSA) is 83.7 Å². The number of aliphatic hydroxyl groups is 1. The minimum atomic E-state index is -0.584. The summed E-state index contributed by atoms with van der Waals surface area (Å²) < 4.78 is 0. The van der Waals surface area contributed by atoms with E-state index in [2.05, 4.69) is 0 Å². The lowest BCUT2D eigenvalue weighted by atomic mass is 9.93. The molecule has 1 amide bonds. The number of benzene rings is 1. The summed E-state index contributed by atoms with van der Waals surface area (Å²) in [5.41, 5.74) is -0.248. The smallest absolute Gasteiger partial charge is 0.282 e. The van der Waals surface area contributed by atoms with Crippen LogP contribution in [0.1, 0.15) is 30.1 Å². The van der Waals surface area contributed by atoms with Crippen molar-refractivity contribution in [2.45, 2.75) is 25.9 Å². The van der Waals surface area contributed by atoms with Crippen LogP contribution >= 0.6 is 11.6 Å². The quantitative estimate of drug-likeness (QED) is 0.686. The van der Waals surface area contributed by atoms with Gasteiger partial charge in [-0.3, -0.25) is 14.9 Å². The van der Waals surface area contributed by atoms with E-state index in [1.807, 2.05) is 0 Å². The van der Waals surface area contributed by atoms with Gasteiger partial charge in [0.2, 0.25) is 0 Å². The number of carbonyl (C=O) groups is 1. The largest absolute Gasteiger partial charge is 0.393 e. The van der Waals surface area contributed by atoms with Crippen LogP contribution in [-0.2, 0) is 0 Å².